The van der Waals surface area contributed by atoms with Crippen LogP contribution in [0.25, 0.3) is 11.1 Å². The molecule has 2 aromatic carbocycles. The fraction of sp³-hybridized carbons (Fsp3) is 0.316. The van der Waals surface area contributed by atoms with E-state index in [-0.39, 0.29) is 6.32 Å². The van der Waals surface area contributed by atoms with Crippen molar-refractivity contribution in [2.24, 2.45) is 0 Å². The Morgan fingerprint density at radius 3 is 2.32 bits per heavy atom. The van der Waals surface area contributed by atoms with Gasteiger partial charge in [-0.05, 0) is 43.1 Å². The SMILES string of the molecule is [B]CC(OCC)Oc1c(OC)ccc(C=O)c1-c1ccc(OC)cc1. The van der Waals surface area contributed by atoms with Crippen LogP contribution in [0.5, 0.6) is 17.2 Å². The van der Waals surface area contributed by atoms with Crippen molar-refractivity contribution in [3.63, 3.8) is 0 Å². The van der Waals surface area contributed by atoms with E-state index in [9.17, 15) is 4.79 Å². The fourth-order valence-corrected chi connectivity index (χ4v) is 2.48. The highest BCUT2D eigenvalue weighted by molar-refractivity contribution is 6.08. The van der Waals surface area contributed by atoms with Crippen LogP contribution in [0.3, 0.4) is 0 Å². The Balaban J connectivity index is 2.58. The lowest BCUT2D eigenvalue weighted by molar-refractivity contribution is -0.0614. The number of carbonyl (C=O) groups excluding carboxylic acids is 1. The third-order valence-electron chi connectivity index (χ3n) is 3.67. The molecule has 2 aromatic rings. The Morgan fingerprint density at radius 2 is 1.80 bits per heavy atom. The Hall–Kier alpha value is -2.47. The molecule has 0 amide bonds. The zero-order chi connectivity index (χ0) is 18.2. The highest BCUT2D eigenvalue weighted by Crippen LogP contribution is 2.41. The number of carbonyl (C=O) groups is 1. The van der Waals surface area contributed by atoms with Gasteiger partial charge in [-0.2, -0.15) is 0 Å². The molecular weight excluding hydrogens is 319 g/mol. The second-order valence-electron chi connectivity index (χ2n) is 5.15. The molecule has 1 unspecified atom stereocenters. The van der Waals surface area contributed by atoms with Crippen molar-refractivity contribution < 1.29 is 23.7 Å². The van der Waals surface area contributed by atoms with Gasteiger partial charge in [-0.15, -0.1) is 0 Å². The van der Waals surface area contributed by atoms with E-state index in [4.69, 9.17) is 26.8 Å². The van der Waals surface area contributed by atoms with Crippen LogP contribution in [0.1, 0.15) is 17.3 Å². The van der Waals surface area contributed by atoms with Gasteiger partial charge in [-0.3, -0.25) is 4.79 Å². The van der Waals surface area contributed by atoms with Gasteiger partial charge in [0.2, 0.25) is 0 Å². The lowest BCUT2D eigenvalue weighted by Gasteiger charge is -2.22. The molecule has 5 nitrogen and oxygen atoms in total. The molecule has 0 N–H and O–H groups in total. The molecule has 0 aliphatic rings. The van der Waals surface area contributed by atoms with Crippen LogP contribution in [0.15, 0.2) is 36.4 Å². The minimum Gasteiger partial charge on any atom is -0.497 e. The van der Waals surface area contributed by atoms with Crippen LogP contribution in [0, 0.1) is 0 Å². The molecule has 1 atom stereocenters. The van der Waals surface area contributed by atoms with Gasteiger partial charge in [0.15, 0.2) is 24.1 Å². The van der Waals surface area contributed by atoms with Crippen molar-refractivity contribution >= 4 is 14.1 Å². The predicted molar refractivity (Wildman–Crippen MR) is 97.0 cm³/mol. The van der Waals surface area contributed by atoms with E-state index in [2.05, 4.69) is 0 Å². The molecule has 0 aromatic heterocycles. The fourth-order valence-electron chi connectivity index (χ4n) is 2.48. The first-order chi connectivity index (χ1) is 12.2. The molecule has 0 aliphatic carbocycles. The third kappa shape index (κ3) is 4.34. The maximum atomic E-state index is 11.6. The molecule has 0 heterocycles. The van der Waals surface area contributed by atoms with Gasteiger partial charge < -0.3 is 18.9 Å². The summed E-state index contributed by atoms with van der Waals surface area (Å²) in [5.41, 5.74) is 1.90. The lowest BCUT2D eigenvalue weighted by Crippen LogP contribution is -2.21. The van der Waals surface area contributed by atoms with Crippen LogP contribution >= 0.6 is 0 Å². The molecule has 6 heteroatoms. The van der Waals surface area contributed by atoms with Crippen LogP contribution in [-0.4, -0.2) is 41.2 Å². The topological polar surface area (TPSA) is 54.0 Å². The molecule has 0 saturated carbocycles. The zero-order valence-electron chi connectivity index (χ0n) is 14.7. The number of hydrogen-bond donors (Lipinski definition) is 0. The quantitative estimate of drug-likeness (QED) is 0.397. The van der Waals surface area contributed by atoms with Crippen LogP contribution < -0.4 is 14.2 Å². The first-order valence-electron chi connectivity index (χ1n) is 7.97. The van der Waals surface area contributed by atoms with Crippen molar-refractivity contribution in [1.29, 1.82) is 0 Å². The largest absolute Gasteiger partial charge is 0.497 e. The zero-order valence-corrected chi connectivity index (χ0v) is 14.7. The van der Waals surface area contributed by atoms with Crippen LogP contribution in [0.2, 0.25) is 6.32 Å². The molecule has 0 saturated heterocycles. The van der Waals surface area contributed by atoms with E-state index in [0.29, 0.717) is 29.2 Å². The number of methoxy groups -OCH3 is 2. The third-order valence-corrected chi connectivity index (χ3v) is 3.67. The normalized spacial score (nSPS) is 11.6. The first kappa shape index (κ1) is 18.9. The molecule has 130 valence electrons. The van der Waals surface area contributed by atoms with Crippen LogP contribution in [0.4, 0.5) is 0 Å². The minimum absolute atomic E-state index is 0.171. The molecule has 2 rings (SSSR count). The summed E-state index contributed by atoms with van der Waals surface area (Å²) in [5, 5.41) is 0. The standard InChI is InChI=1S/C19H21BO5/c1-4-24-17(11-20)25-19-16(23-3)10-7-14(12-21)18(19)13-5-8-15(22-2)9-6-13/h5-10,12,17H,4,11H2,1-3H3. The first-order valence-corrected chi connectivity index (χ1v) is 7.97. The van der Waals surface area contributed by atoms with Crippen molar-refractivity contribution in [3.05, 3.63) is 42.0 Å². The summed E-state index contributed by atoms with van der Waals surface area (Å²) in [6.07, 6.45) is 0.312. The number of hydrogen-bond acceptors (Lipinski definition) is 5. The highest BCUT2D eigenvalue weighted by atomic mass is 16.7. The molecular formula is C19H21BO5. The molecule has 25 heavy (non-hydrogen) atoms. The molecule has 0 bridgehead atoms. The maximum Gasteiger partial charge on any atom is 0.192 e. The van der Waals surface area contributed by atoms with E-state index < -0.39 is 6.29 Å². The molecule has 2 radical (unpaired) electrons. The summed E-state index contributed by atoms with van der Waals surface area (Å²) in [4.78, 5) is 11.6. The van der Waals surface area contributed by atoms with Gasteiger partial charge >= 0.3 is 0 Å². The van der Waals surface area contributed by atoms with Crippen molar-refractivity contribution in [2.75, 3.05) is 20.8 Å². The maximum absolute atomic E-state index is 11.6. The van der Waals surface area contributed by atoms with E-state index in [1.807, 2.05) is 31.2 Å². The average molecular weight is 340 g/mol. The van der Waals surface area contributed by atoms with Gasteiger partial charge in [0.05, 0.1) is 22.1 Å². The lowest BCUT2D eigenvalue weighted by atomic mass is 9.98. The molecule has 0 aliphatic heterocycles. The summed E-state index contributed by atoms with van der Waals surface area (Å²) in [6, 6.07) is 10.7. The summed E-state index contributed by atoms with van der Waals surface area (Å²) in [6.45, 7) is 2.31. The number of rotatable bonds is 9. The van der Waals surface area contributed by atoms with E-state index in [1.54, 1.807) is 26.4 Å². The van der Waals surface area contributed by atoms with Gasteiger partial charge in [0, 0.05) is 17.7 Å². The smallest absolute Gasteiger partial charge is 0.192 e. The predicted octanol–water partition coefficient (Wildman–Crippen LogP) is 3.51. The van der Waals surface area contributed by atoms with Gasteiger partial charge in [-0.1, -0.05) is 12.1 Å². The molecule has 0 fully saturated rings. The van der Waals surface area contributed by atoms with Crippen molar-refractivity contribution in [2.45, 2.75) is 19.5 Å². The summed E-state index contributed by atoms with van der Waals surface area (Å²) in [5.74, 6) is 1.63. The van der Waals surface area contributed by atoms with E-state index in [1.165, 1.54) is 0 Å². The molecule has 0 spiro atoms. The summed E-state index contributed by atoms with van der Waals surface area (Å²) in [7, 11) is 8.86. The monoisotopic (exact) mass is 340 g/mol. The number of ether oxygens (including phenoxy) is 4. The Labute approximate surface area is 149 Å². The average Bonchev–Trinajstić information content (AvgIpc) is 2.67. The second kappa shape index (κ2) is 9.13. The second-order valence-corrected chi connectivity index (χ2v) is 5.15. The Morgan fingerprint density at radius 1 is 1.08 bits per heavy atom. The van der Waals surface area contributed by atoms with Gasteiger partial charge in [0.25, 0.3) is 0 Å². The number of benzene rings is 2. The van der Waals surface area contributed by atoms with Gasteiger partial charge in [-0.25, -0.2) is 0 Å². The summed E-state index contributed by atoms with van der Waals surface area (Å²) >= 11 is 0. The van der Waals surface area contributed by atoms with Crippen molar-refractivity contribution in [3.8, 4) is 28.4 Å². The highest BCUT2D eigenvalue weighted by Gasteiger charge is 2.20. The number of aldehydes is 1. The van der Waals surface area contributed by atoms with Crippen LogP contribution in [-0.2, 0) is 4.74 Å². The van der Waals surface area contributed by atoms with Crippen molar-refractivity contribution in [1.82, 2.24) is 0 Å². The minimum atomic E-state index is -0.641. The summed E-state index contributed by atoms with van der Waals surface area (Å²) < 4.78 is 22.0. The van der Waals surface area contributed by atoms with E-state index in [0.717, 1.165) is 17.6 Å². The van der Waals surface area contributed by atoms with E-state index >= 15 is 0 Å². The Bertz CT molecular complexity index is 700. The Kier molecular flexibility index (Phi) is 6.89. The van der Waals surface area contributed by atoms with Gasteiger partial charge in [0.1, 0.15) is 5.75 Å².